The molecule has 3 rings (SSSR count). The molecule has 1 atom stereocenters. The second-order valence-electron chi connectivity index (χ2n) is 6.46. The van der Waals surface area contributed by atoms with Gasteiger partial charge < -0.3 is 20.1 Å². The molecule has 1 aromatic carbocycles. The number of nitrogens with one attached hydrogen (secondary N) is 2. The fourth-order valence-electron chi connectivity index (χ4n) is 3.21. The molecule has 2 aromatic rings. The van der Waals surface area contributed by atoms with Crippen LogP contribution in [0, 0.1) is 6.92 Å². The molecule has 144 valence electrons. The van der Waals surface area contributed by atoms with Crippen molar-refractivity contribution in [1.82, 2.24) is 20.4 Å². The Hall–Kier alpha value is -2.87. The van der Waals surface area contributed by atoms with Crippen LogP contribution in [0.15, 0.2) is 24.3 Å². The number of aromatic nitrogens is 2. The van der Waals surface area contributed by atoms with E-state index >= 15 is 0 Å². The summed E-state index contributed by atoms with van der Waals surface area (Å²) in [4.78, 5) is 24.7. The highest BCUT2D eigenvalue weighted by Gasteiger charge is 2.27. The van der Waals surface area contributed by atoms with Crippen LogP contribution in [0.3, 0.4) is 0 Å². The number of hydrogen-bond donors (Lipinski definition) is 2. The summed E-state index contributed by atoms with van der Waals surface area (Å²) in [5.74, 6) is 0.326. The average Bonchev–Trinajstić information content (AvgIpc) is 3.20. The third kappa shape index (κ3) is 4.11. The Kier molecular flexibility index (Phi) is 5.75. The van der Waals surface area contributed by atoms with Crippen LogP contribution in [-0.2, 0) is 17.7 Å². The van der Waals surface area contributed by atoms with Gasteiger partial charge in [-0.1, -0.05) is 6.07 Å². The molecule has 2 heterocycles. The topological polar surface area (TPSA) is 94.5 Å². The van der Waals surface area contributed by atoms with E-state index in [0.29, 0.717) is 43.1 Å². The lowest BCUT2D eigenvalue weighted by Crippen LogP contribution is -2.36. The van der Waals surface area contributed by atoms with E-state index in [-0.39, 0.29) is 17.9 Å². The molecule has 2 N–H and O–H groups in total. The second-order valence-corrected chi connectivity index (χ2v) is 6.46. The highest BCUT2D eigenvalue weighted by molar-refractivity contribution is 5.96. The van der Waals surface area contributed by atoms with Gasteiger partial charge in [-0.05, 0) is 25.1 Å². The minimum atomic E-state index is -0.221. The van der Waals surface area contributed by atoms with Gasteiger partial charge in [-0.3, -0.25) is 14.3 Å². The summed E-state index contributed by atoms with van der Waals surface area (Å²) in [6.07, 6.45) is 0.632. The summed E-state index contributed by atoms with van der Waals surface area (Å²) in [6, 6.07) is 7.12. The number of methoxy groups -OCH3 is 2. The minimum absolute atomic E-state index is 0.0591. The summed E-state index contributed by atoms with van der Waals surface area (Å²) in [7, 11) is 3.17. The maximum Gasteiger partial charge on any atom is 0.271 e. The quantitative estimate of drug-likeness (QED) is 0.705. The molecule has 1 aliphatic heterocycles. The van der Waals surface area contributed by atoms with E-state index in [1.807, 2.05) is 13.0 Å². The van der Waals surface area contributed by atoms with Crippen LogP contribution in [-0.4, -0.2) is 55.0 Å². The van der Waals surface area contributed by atoms with Crippen molar-refractivity contribution in [3.63, 3.8) is 0 Å². The van der Waals surface area contributed by atoms with Gasteiger partial charge in [0.05, 0.1) is 26.3 Å². The van der Waals surface area contributed by atoms with Gasteiger partial charge in [0.2, 0.25) is 0 Å². The molecule has 27 heavy (non-hydrogen) atoms. The highest BCUT2D eigenvalue weighted by Crippen LogP contribution is 2.22. The zero-order valence-electron chi connectivity index (χ0n) is 15.7. The van der Waals surface area contributed by atoms with Crippen LogP contribution in [0.4, 0.5) is 0 Å². The van der Waals surface area contributed by atoms with Crippen LogP contribution in [0.1, 0.15) is 32.1 Å². The van der Waals surface area contributed by atoms with E-state index in [9.17, 15) is 9.59 Å². The predicted molar refractivity (Wildman–Crippen MR) is 99.1 cm³/mol. The summed E-state index contributed by atoms with van der Waals surface area (Å²) < 4.78 is 12.0. The number of amides is 2. The van der Waals surface area contributed by atoms with Gasteiger partial charge in [0.15, 0.2) is 0 Å². The van der Waals surface area contributed by atoms with Gasteiger partial charge in [-0.25, -0.2) is 0 Å². The van der Waals surface area contributed by atoms with Crippen molar-refractivity contribution >= 4 is 11.8 Å². The zero-order chi connectivity index (χ0) is 19.4. The first kappa shape index (κ1) is 18.9. The van der Waals surface area contributed by atoms with Crippen LogP contribution in [0.2, 0.25) is 0 Å². The minimum Gasteiger partial charge on any atom is -0.496 e. The van der Waals surface area contributed by atoms with Crippen LogP contribution in [0.25, 0.3) is 0 Å². The first-order chi connectivity index (χ1) is 13.0. The van der Waals surface area contributed by atoms with E-state index < -0.39 is 0 Å². The van der Waals surface area contributed by atoms with E-state index in [0.717, 1.165) is 11.3 Å². The van der Waals surface area contributed by atoms with E-state index in [2.05, 4.69) is 15.7 Å². The van der Waals surface area contributed by atoms with E-state index in [1.54, 1.807) is 37.1 Å². The van der Waals surface area contributed by atoms with Gasteiger partial charge in [-0.15, -0.1) is 0 Å². The molecule has 0 radical (unpaired) electrons. The normalized spacial score (nSPS) is 15.3. The fraction of sp³-hybridized carbons (Fsp3) is 0.421. The first-order valence-corrected chi connectivity index (χ1v) is 8.81. The molecule has 8 heteroatoms. The molecular weight excluding hydrogens is 348 g/mol. The lowest BCUT2D eigenvalue weighted by molar-refractivity contribution is 0.0921. The van der Waals surface area contributed by atoms with Crippen molar-refractivity contribution in [2.75, 3.05) is 27.4 Å². The molecule has 0 fully saturated rings. The Labute approximate surface area is 157 Å². The smallest absolute Gasteiger partial charge is 0.271 e. The van der Waals surface area contributed by atoms with Gasteiger partial charge in [0.1, 0.15) is 11.4 Å². The maximum absolute atomic E-state index is 12.6. The van der Waals surface area contributed by atoms with Gasteiger partial charge >= 0.3 is 0 Å². The molecular formula is C19H24N4O4. The van der Waals surface area contributed by atoms with Gasteiger partial charge in [-0.2, -0.15) is 5.10 Å². The summed E-state index contributed by atoms with van der Waals surface area (Å²) in [6.45, 7) is 3.30. The number of ether oxygens (including phenoxy) is 2. The Morgan fingerprint density at radius 1 is 1.30 bits per heavy atom. The van der Waals surface area contributed by atoms with Gasteiger partial charge in [0, 0.05) is 36.9 Å². The molecule has 2 amide bonds. The Balaban J connectivity index is 1.60. The maximum atomic E-state index is 12.6. The first-order valence-electron chi connectivity index (χ1n) is 8.81. The van der Waals surface area contributed by atoms with Crippen LogP contribution < -0.4 is 15.4 Å². The monoisotopic (exact) mass is 372 g/mol. The molecule has 0 bridgehead atoms. The van der Waals surface area contributed by atoms with Crippen molar-refractivity contribution in [3.8, 4) is 5.75 Å². The fourth-order valence-corrected chi connectivity index (χ4v) is 3.21. The molecule has 0 saturated heterocycles. The number of benzene rings is 1. The predicted octanol–water partition coefficient (Wildman–Crippen LogP) is 0.931. The summed E-state index contributed by atoms with van der Waals surface area (Å²) in [5, 5.41) is 10.1. The second kappa shape index (κ2) is 8.22. The largest absolute Gasteiger partial charge is 0.496 e. The Morgan fingerprint density at radius 2 is 2.11 bits per heavy atom. The van der Waals surface area contributed by atoms with Crippen molar-refractivity contribution in [2.24, 2.45) is 0 Å². The molecule has 1 aromatic heterocycles. The number of carbonyl (C=O) groups is 2. The molecule has 0 aliphatic carbocycles. The standard InChI is InChI=1S/C19H24N4O4/c1-12-15(5-4-6-17(12)27-3)18(24)21-13-9-14-10-16(22-23(14)11-13)19(25)20-7-8-26-2/h4-6,10,13H,7-9,11H2,1-3H3,(H,20,25)(H,21,24)/t13-/m0/s1. The van der Waals surface area contributed by atoms with Crippen molar-refractivity contribution in [2.45, 2.75) is 25.9 Å². The van der Waals surface area contributed by atoms with E-state index in [4.69, 9.17) is 9.47 Å². The SMILES string of the molecule is COCCNC(=O)c1cc2n(n1)C[C@@H](NC(=O)c1cccc(OC)c1C)C2. The highest BCUT2D eigenvalue weighted by atomic mass is 16.5. The van der Waals surface area contributed by atoms with Crippen molar-refractivity contribution < 1.29 is 19.1 Å². The lowest BCUT2D eigenvalue weighted by Gasteiger charge is -2.14. The van der Waals surface area contributed by atoms with Gasteiger partial charge in [0.25, 0.3) is 11.8 Å². The average molecular weight is 372 g/mol. The van der Waals surface area contributed by atoms with Crippen molar-refractivity contribution in [1.29, 1.82) is 0 Å². The van der Waals surface area contributed by atoms with Crippen molar-refractivity contribution in [3.05, 3.63) is 46.8 Å². The molecule has 0 unspecified atom stereocenters. The summed E-state index contributed by atoms with van der Waals surface area (Å²) in [5.41, 5.74) is 2.72. The molecule has 0 saturated carbocycles. The third-order valence-electron chi connectivity index (χ3n) is 4.62. The number of nitrogens with zero attached hydrogens (tertiary/aromatic N) is 2. The zero-order valence-corrected chi connectivity index (χ0v) is 15.7. The number of hydrogen-bond acceptors (Lipinski definition) is 5. The summed E-state index contributed by atoms with van der Waals surface area (Å²) >= 11 is 0. The Morgan fingerprint density at radius 3 is 2.81 bits per heavy atom. The number of fused-ring (bicyclic) bond motifs is 1. The molecule has 1 aliphatic rings. The van der Waals surface area contributed by atoms with Crippen LogP contribution >= 0.6 is 0 Å². The van der Waals surface area contributed by atoms with E-state index in [1.165, 1.54) is 0 Å². The molecule has 0 spiro atoms. The lowest BCUT2D eigenvalue weighted by atomic mass is 10.1. The number of rotatable bonds is 7. The van der Waals surface area contributed by atoms with Crippen LogP contribution in [0.5, 0.6) is 5.75 Å². The number of carbonyl (C=O) groups excluding carboxylic acids is 2. The molecule has 8 nitrogen and oxygen atoms in total. The third-order valence-corrected chi connectivity index (χ3v) is 4.62. The Bertz CT molecular complexity index is 823.